The zero-order chi connectivity index (χ0) is 39.6. The van der Waals surface area contributed by atoms with Gasteiger partial charge in [0.1, 0.15) is 0 Å². The minimum atomic E-state index is 0.0591. The molecular formula is C55H32B2N4. The maximum absolute atomic E-state index is 4.51. The van der Waals surface area contributed by atoms with E-state index in [1.54, 1.807) is 0 Å². The van der Waals surface area contributed by atoms with Crippen molar-refractivity contribution in [2.24, 2.45) is 0 Å². The monoisotopic (exact) mass is 770 g/mol. The fourth-order valence-corrected chi connectivity index (χ4v) is 13.0. The van der Waals surface area contributed by atoms with Crippen LogP contribution in [0.3, 0.4) is 0 Å². The van der Waals surface area contributed by atoms with Gasteiger partial charge < -0.3 is 18.3 Å². The van der Waals surface area contributed by atoms with Gasteiger partial charge in [-0.25, -0.2) is 0 Å². The Morgan fingerprint density at radius 2 is 0.852 bits per heavy atom. The first-order chi connectivity index (χ1) is 30.2. The molecule has 0 spiro atoms. The van der Waals surface area contributed by atoms with Crippen LogP contribution in [-0.2, 0) is 0 Å². The summed E-state index contributed by atoms with van der Waals surface area (Å²) in [5, 5.41) is 11.6. The summed E-state index contributed by atoms with van der Waals surface area (Å²) in [5.74, 6) is 0. The van der Waals surface area contributed by atoms with Gasteiger partial charge in [0, 0.05) is 87.6 Å². The number of fused-ring (bicyclic) bond motifs is 19. The third kappa shape index (κ3) is 3.30. The Balaban J connectivity index is 1.05. The molecule has 0 unspecified atom stereocenters. The maximum Gasteiger partial charge on any atom is 0.252 e. The normalized spacial score (nSPS) is 14.4. The quantitative estimate of drug-likeness (QED) is 0.153. The summed E-state index contributed by atoms with van der Waals surface area (Å²) in [4.78, 5) is 0. The summed E-state index contributed by atoms with van der Waals surface area (Å²) in [6.07, 6.45) is 4.41. The molecule has 16 rings (SSSR count). The maximum atomic E-state index is 4.51. The molecule has 12 aromatic rings. The highest BCUT2D eigenvalue weighted by molar-refractivity contribution is 7.02. The average molecular weight is 771 g/mol. The Morgan fingerprint density at radius 3 is 1.43 bits per heavy atom. The summed E-state index contributed by atoms with van der Waals surface area (Å²) >= 11 is 0. The van der Waals surface area contributed by atoms with Gasteiger partial charge in [0.25, 0.3) is 13.4 Å². The molecule has 0 saturated carbocycles. The van der Waals surface area contributed by atoms with Crippen molar-refractivity contribution < 1.29 is 0 Å². The molecule has 6 heteroatoms. The van der Waals surface area contributed by atoms with E-state index in [0.29, 0.717) is 0 Å². The van der Waals surface area contributed by atoms with Crippen LogP contribution in [0.5, 0.6) is 0 Å². The van der Waals surface area contributed by atoms with E-state index in [2.05, 4.69) is 196 Å². The van der Waals surface area contributed by atoms with Gasteiger partial charge in [-0.15, -0.1) is 0 Å². The van der Waals surface area contributed by atoms with Crippen LogP contribution >= 0.6 is 0 Å². The van der Waals surface area contributed by atoms with Crippen molar-refractivity contribution in [1.82, 2.24) is 18.3 Å². The second-order valence-corrected chi connectivity index (χ2v) is 17.5. The lowest BCUT2D eigenvalue weighted by molar-refractivity contribution is 1.06. The molecule has 8 aromatic carbocycles. The molecule has 8 heterocycles. The molecule has 0 saturated heterocycles. The molecule has 0 atom stereocenters. The molecule has 4 nitrogen and oxygen atoms in total. The second kappa shape index (κ2) is 10.4. The van der Waals surface area contributed by atoms with Gasteiger partial charge in [-0.05, 0) is 88.2 Å². The molecule has 4 aliphatic heterocycles. The zero-order valence-corrected chi connectivity index (χ0v) is 33.2. The molecule has 0 amide bonds. The van der Waals surface area contributed by atoms with Gasteiger partial charge >= 0.3 is 0 Å². The van der Waals surface area contributed by atoms with Crippen molar-refractivity contribution in [3.63, 3.8) is 0 Å². The predicted octanol–water partition coefficient (Wildman–Crippen LogP) is 7.68. The molecular weight excluding hydrogens is 738 g/mol. The van der Waals surface area contributed by atoms with Crippen LogP contribution in [0.4, 0.5) is 0 Å². The summed E-state index contributed by atoms with van der Waals surface area (Å²) < 4.78 is 10.2. The number of rotatable bonds is 1. The van der Waals surface area contributed by atoms with Gasteiger partial charge in [0.05, 0.1) is 22.1 Å². The van der Waals surface area contributed by atoms with Crippen molar-refractivity contribution in [1.29, 1.82) is 0 Å². The van der Waals surface area contributed by atoms with Crippen LogP contribution in [0.1, 0.15) is 6.92 Å². The number of para-hydroxylation sites is 5. The Labute approximate surface area is 349 Å². The summed E-state index contributed by atoms with van der Waals surface area (Å²) in [7, 11) is 0. The van der Waals surface area contributed by atoms with Crippen LogP contribution in [0.2, 0.25) is 0 Å². The van der Waals surface area contributed by atoms with E-state index >= 15 is 0 Å². The van der Waals surface area contributed by atoms with Crippen molar-refractivity contribution in [3.8, 4) is 22.7 Å². The molecule has 0 radical (unpaired) electrons. The van der Waals surface area contributed by atoms with E-state index in [-0.39, 0.29) is 13.4 Å². The van der Waals surface area contributed by atoms with Gasteiger partial charge in [-0.1, -0.05) is 122 Å². The van der Waals surface area contributed by atoms with E-state index in [4.69, 9.17) is 0 Å². The Kier molecular flexibility index (Phi) is 5.31. The topological polar surface area (TPSA) is 19.7 Å². The van der Waals surface area contributed by atoms with Crippen molar-refractivity contribution in [2.75, 3.05) is 0 Å². The summed E-state index contributed by atoms with van der Waals surface area (Å²) in [6, 6.07) is 57.7. The smallest absolute Gasteiger partial charge is 0.252 e. The lowest BCUT2D eigenvalue weighted by Crippen LogP contribution is -2.59. The molecule has 0 fully saturated rings. The summed E-state index contributed by atoms with van der Waals surface area (Å²) in [6.45, 7) is 6.87. The number of benzene rings is 8. The Bertz CT molecular complexity index is 4280. The molecule has 4 aromatic heterocycles. The highest BCUT2D eigenvalue weighted by atomic mass is 15.1. The molecule has 4 aliphatic rings. The van der Waals surface area contributed by atoms with Gasteiger partial charge in [0.2, 0.25) is 0 Å². The fraction of sp³-hybridized carbons (Fsp3) is 0.0182. The molecule has 61 heavy (non-hydrogen) atoms. The lowest BCUT2D eigenvalue weighted by Gasteiger charge is -2.33. The Morgan fingerprint density at radius 1 is 0.410 bits per heavy atom. The van der Waals surface area contributed by atoms with Crippen LogP contribution in [0.15, 0.2) is 164 Å². The number of allylic oxidation sites excluding steroid dienone is 1. The van der Waals surface area contributed by atoms with E-state index < -0.39 is 0 Å². The SMILES string of the molecule is C=CC1=c2/c(=C\C)c3ccccc3n2-c2cccc3c2B1c1cccc2c4cc5c6cccc7c6n(c5cc4n-3c12)-c1cccc2c1B7c1cccc3c4ccccc4n-2c13. The molecule has 0 N–H and O–H groups in total. The van der Waals surface area contributed by atoms with E-state index in [1.807, 2.05) is 0 Å². The molecule has 0 aliphatic carbocycles. The Hall–Kier alpha value is -7.69. The number of nitrogens with zero attached hydrogens (tertiary/aromatic N) is 4. The summed E-state index contributed by atoms with van der Waals surface area (Å²) in [5.41, 5.74) is 22.1. The van der Waals surface area contributed by atoms with E-state index in [9.17, 15) is 0 Å². The van der Waals surface area contributed by atoms with Crippen molar-refractivity contribution in [2.45, 2.75) is 6.92 Å². The van der Waals surface area contributed by atoms with Crippen LogP contribution < -0.4 is 37.9 Å². The van der Waals surface area contributed by atoms with Gasteiger partial charge in [-0.3, -0.25) is 0 Å². The molecule has 278 valence electrons. The second-order valence-electron chi connectivity index (χ2n) is 17.5. The largest absolute Gasteiger partial charge is 0.310 e. The van der Waals surface area contributed by atoms with E-state index in [0.717, 1.165) is 0 Å². The van der Waals surface area contributed by atoms with Gasteiger partial charge in [-0.2, -0.15) is 0 Å². The number of hydrogen-bond acceptors (Lipinski definition) is 0. The van der Waals surface area contributed by atoms with Crippen LogP contribution in [0, 0.1) is 0 Å². The number of aromatic nitrogens is 4. The van der Waals surface area contributed by atoms with Crippen LogP contribution in [0.25, 0.3) is 111 Å². The van der Waals surface area contributed by atoms with E-state index in [1.165, 1.54) is 142 Å². The highest BCUT2D eigenvalue weighted by Gasteiger charge is 2.42. The average Bonchev–Trinajstić information content (AvgIpc) is 4.04. The predicted molar refractivity (Wildman–Crippen MR) is 259 cm³/mol. The third-order valence-electron chi connectivity index (χ3n) is 15.1. The first kappa shape index (κ1) is 31.3. The lowest BCUT2D eigenvalue weighted by atomic mass is 9.34. The highest BCUT2D eigenvalue weighted by Crippen LogP contribution is 2.43. The van der Waals surface area contributed by atoms with Crippen molar-refractivity contribution in [3.05, 3.63) is 175 Å². The third-order valence-corrected chi connectivity index (χ3v) is 15.1. The minimum Gasteiger partial charge on any atom is -0.310 e. The number of hydrogen-bond donors (Lipinski definition) is 0. The van der Waals surface area contributed by atoms with Crippen LogP contribution in [-0.4, -0.2) is 31.7 Å². The first-order valence-corrected chi connectivity index (χ1v) is 21.5. The van der Waals surface area contributed by atoms with Crippen molar-refractivity contribution >= 4 is 129 Å². The standard InChI is InChI=1S/C55H32B2N4/c1-3-30-31-14-5-7-22-42(31)58-44-24-12-26-46-50(44)56(38(4-2)52(30)58)39-19-10-17-34-36-28-37-35-18-11-21-41-55(35)61(49(37)29-48(36)60(46)54(34)39)47-27-13-25-45-51(47)57(41)40-20-9-16-33-32-15-6-8-23-43(32)59(45)53(33)40/h3-29H,2H2,1H3/b30-3-. The first-order valence-electron chi connectivity index (χ1n) is 21.5. The minimum absolute atomic E-state index is 0.0591. The molecule has 0 bridgehead atoms. The fourth-order valence-electron chi connectivity index (χ4n) is 13.0. The van der Waals surface area contributed by atoms with Gasteiger partial charge in [0.15, 0.2) is 0 Å². The zero-order valence-electron chi connectivity index (χ0n) is 33.2.